The van der Waals surface area contributed by atoms with Crippen LogP contribution in [0, 0.1) is 0 Å². The number of aromatic amines is 1. The molecule has 0 spiro atoms. The number of aromatic nitrogens is 1. The van der Waals surface area contributed by atoms with Crippen molar-refractivity contribution in [3.8, 4) is 23.0 Å². The molecule has 29 heavy (non-hydrogen) atoms. The number of benzene rings is 3. The quantitative estimate of drug-likeness (QED) is 0.385. The molecular formula is C23H21NO5. The molecule has 0 aliphatic heterocycles. The number of methoxy groups -OCH3 is 4. The first-order valence-electron chi connectivity index (χ1n) is 9.03. The van der Waals surface area contributed by atoms with Crippen LogP contribution in [-0.4, -0.2) is 39.2 Å². The molecule has 0 radical (unpaired) electrons. The minimum atomic E-state index is -0.107. The first-order chi connectivity index (χ1) is 14.1. The standard InChI is InChI=1S/C23H21NO5/c1-26-19-9-13-8-17(23(25)18-6-5-7-24-18)16-12-22(29-4)21(28-3)11-15(16)14(13)10-20(19)27-2/h5-12,24H,1-4H3. The SMILES string of the molecule is COc1cc2cc(C(=O)c3ccc[nH]3)c3cc(OC)c(OC)cc3c2cc1OC. The first kappa shape index (κ1) is 18.7. The topological polar surface area (TPSA) is 69.8 Å². The molecular weight excluding hydrogens is 370 g/mol. The Morgan fingerprint density at radius 2 is 1.28 bits per heavy atom. The van der Waals surface area contributed by atoms with Gasteiger partial charge in [-0.2, -0.15) is 0 Å². The lowest BCUT2D eigenvalue weighted by atomic mass is 9.93. The molecule has 148 valence electrons. The lowest BCUT2D eigenvalue weighted by Gasteiger charge is -2.16. The second-order valence-electron chi connectivity index (χ2n) is 6.52. The largest absolute Gasteiger partial charge is 0.493 e. The molecule has 0 fully saturated rings. The molecule has 0 atom stereocenters. The van der Waals surface area contributed by atoms with Crippen LogP contribution < -0.4 is 18.9 Å². The van der Waals surface area contributed by atoms with Crippen molar-refractivity contribution in [3.63, 3.8) is 0 Å². The molecule has 3 aromatic carbocycles. The Hall–Kier alpha value is -3.67. The third-order valence-electron chi connectivity index (χ3n) is 5.05. The van der Waals surface area contributed by atoms with E-state index in [-0.39, 0.29) is 5.78 Å². The van der Waals surface area contributed by atoms with E-state index in [4.69, 9.17) is 18.9 Å². The summed E-state index contributed by atoms with van der Waals surface area (Å²) in [5, 5.41) is 3.40. The summed E-state index contributed by atoms with van der Waals surface area (Å²) in [6, 6.07) is 12.9. The van der Waals surface area contributed by atoms with E-state index < -0.39 is 0 Å². The molecule has 1 aromatic heterocycles. The van der Waals surface area contributed by atoms with E-state index in [1.165, 1.54) is 0 Å². The zero-order valence-electron chi connectivity index (χ0n) is 16.7. The van der Waals surface area contributed by atoms with Crippen LogP contribution in [0.25, 0.3) is 21.5 Å². The van der Waals surface area contributed by atoms with E-state index in [0.29, 0.717) is 34.3 Å². The fourth-order valence-corrected chi connectivity index (χ4v) is 3.61. The molecule has 4 aromatic rings. The molecule has 0 aliphatic carbocycles. The van der Waals surface area contributed by atoms with Crippen molar-refractivity contribution in [2.45, 2.75) is 0 Å². The van der Waals surface area contributed by atoms with Crippen LogP contribution in [0.3, 0.4) is 0 Å². The van der Waals surface area contributed by atoms with Gasteiger partial charge in [0.2, 0.25) is 5.78 Å². The van der Waals surface area contributed by atoms with E-state index in [0.717, 1.165) is 21.5 Å². The predicted octanol–water partition coefficient (Wildman–Crippen LogP) is 4.59. The summed E-state index contributed by atoms with van der Waals surface area (Å²) in [4.78, 5) is 16.2. The molecule has 6 nitrogen and oxygen atoms in total. The monoisotopic (exact) mass is 391 g/mol. The van der Waals surface area contributed by atoms with Gasteiger partial charge in [-0.05, 0) is 64.0 Å². The molecule has 6 heteroatoms. The van der Waals surface area contributed by atoms with E-state index in [2.05, 4.69) is 4.98 Å². The maximum Gasteiger partial charge on any atom is 0.209 e. The summed E-state index contributed by atoms with van der Waals surface area (Å²) in [5.41, 5.74) is 1.07. The van der Waals surface area contributed by atoms with Crippen molar-refractivity contribution in [2.24, 2.45) is 0 Å². The van der Waals surface area contributed by atoms with Gasteiger partial charge in [0, 0.05) is 11.8 Å². The van der Waals surface area contributed by atoms with Crippen LogP contribution in [-0.2, 0) is 0 Å². The van der Waals surface area contributed by atoms with Gasteiger partial charge >= 0.3 is 0 Å². The number of ether oxygens (including phenoxy) is 4. The molecule has 0 saturated heterocycles. The van der Waals surface area contributed by atoms with Crippen molar-refractivity contribution in [1.82, 2.24) is 4.98 Å². The van der Waals surface area contributed by atoms with Gasteiger partial charge in [-0.3, -0.25) is 4.79 Å². The van der Waals surface area contributed by atoms with Crippen LogP contribution in [0.5, 0.6) is 23.0 Å². The number of carbonyl (C=O) groups is 1. The third-order valence-corrected chi connectivity index (χ3v) is 5.05. The van der Waals surface area contributed by atoms with Crippen molar-refractivity contribution in [3.05, 3.63) is 59.9 Å². The number of fused-ring (bicyclic) bond motifs is 3. The average Bonchev–Trinajstić information content (AvgIpc) is 3.30. The second-order valence-corrected chi connectivity index (χ2v) is 6.52. The molecule has 1 N–H and O–H groups in total. The minimum Gasteiger partial charge on any atom is -0.493 e. The molecule has 0 saturated carbocycles. The average molecular weight is 391 g/mol. The Morgan fingerprint density at radius 1 is 0.724 bits per heavy atom. The zero-order valence-corrected chi connectivity index (χ0v) is 16.7. The Morgan fingerprint density at radius 3 is 1.83 bits per heavy atom. The molecule has 0 bridgehead atoms. The van der Waals surface area contributed by atoms with Gasteiger partial charge in [-0.15, -0.1) is 0 Å². The lowest BCUT2D eigenvalue weighted by Crippen LogP contribution is -2.04. The number of rotatable bonds is 6. The summed E-state index contributed by atoms with van der Waals surface area (Å²) in [5.74, 6) is 2.24. The van der Waals surface area contributed by atoms with Gasteiger partial charge in [0.1, 0.15) is 0 Å². The van der Waals surface area contributed by atoms with E-state index in [9.17, 15) is 4.79 Å². The Kier molecular flexibility index (Phi) is 4.76. The van der Waals surface area contributed by atoms with Gasteiger partial charge in [-0.1, -0.05) is 0 Å². The van der Waals surface area contributed by atoms with Crippen LogP contribution in [0.2, 0.25) is 0 Å². The number of carbonyl (C=O) groups excluding carboxylic acids is 1. The Balaban J connectivity index is 2.13. The van der Waals surface area contributed by atoms with Gasteiger partial charge < -0.3 is 23.9 Å². The predicted molar refractivity (Wildman–Crippen MR) is 112 cm³/mol. The fourth-order valence-electron chi connectivity index (χ4n) is 3.61. The normalized spacial score (nSPS) is 10.9. The molecule has 4 rings (SSSR count). The minimum absolute atomic E-state index is 0.107. The van der Waals surface area contributed by atoms with Crippen molar-refractivity contribution >= 4 is 27.3 Å². The van der Waals surface area contributed by atoms with Gasteiger partial charge in [0.25, 0.3) is 0 Å². The van der Waals surface area contributed by atoms with Crippen LogP contribution in [0.15, 0.2) is 48.7 Å². The lowest BCUT2D eigenvalue weighted by molar-refractivity contribution is 0.103. The zero-order chi connectivity index (χ0) is 20.5. The number of hydrogen-bond acceptors (Lipinski definition) is 5. The van der Waals surface area contributed by atoms with E-state index >= 15 is 0 Å². The smallest absolute Gasteiger partial charge is 0.209 e. The third kappa shape index (κ3) is 3.02. The number of H-pyrrole nitrogens is 1. The number of ketones is 1. The first-order valence-corrected chi connectivity index (χ1v) is 9.03. The van der Waals surface area contributed by atoms with Crippen molar-refractivity contribution < 1.29 is 23.7 Å². The highest BCUT2D eigenvalue weighted by molar-refractivity contribution is 6.22. The van der Waals surface area contributed by atoms with Crippen molar-refractivity contribution in [1.29, 1.82) is 0 Å². The van der Waals surface area contributed by atoms with Crippen molar-refractivity contribution in [2.75, 3.05) is 28.4 Å². The summed E-state index contributed by atoms with van der Waals surface area (Å²) in [6.07, 6.45) is 1.73. The summed E-state index contributed by atoms with van der Waals surface area (Å²) in [7, 11) is 6.34. The van der Waals surface area contributed by atoms with Crippen LogP contribution >= 0.6 is 0 Å². The van der Waals surface area contributed by atoms with Gasteiger partial charge in [0.15, 0.2) is 23.0 Å². The van der Waals surface area contributed by atoms with Crippen LogP contribution in [0.1, 0.15) is 16.1 Å². The van der Waals surface area contributed by atoms with E-state index in [1.807, 2.05) is 30.3 Å². The maximum atomic E-state index is 13.2. The van der Waals surface area contributed by atoms with Crippen LogP contribution in [0.4, 0.5) is 0 Å². The number of hydrogen-bond donors (Lipinski definition) is 1. The highest BCUT2D eigenvalue weighted by Crippen LogP contribution is 2.41. The second kappa shape index (κ2) is 7.39. The van der Waals surface area contributed by atoms with E-state index in [1.54, 1.807) is 46.8 Å². The molecule has 0 unspecified atom stereocenters. The fraction of sp³-hybridized carbons (Fsp3) is 0.174. The van der Waals surface area contributed by atoms with Gasteiger partial charge in [-0.25, -0.2) is 0 Å². The molecule has 0 amide bonds. The summed E-state index contributed by atoms with van der Waals surface area (Å²) < 4.78 is 21.9. The van der Waals surface area contributed by atoms with Gasteiger partial charge in [0.05, 0.1) is 34.1 Å². The number of nitrogens with one attached hydrogen (secondary N) is 1. The maximum absolute atomic E-state index is 13.2. The highest BCUT2D eigenvalue weighted by atomic mass is 16.5. The highest BCUT2D eigenvalue weighted by Gasteiger charge is 2.20. The summed E-state index contributed by atoms with van der Waals surface area (Å²) >= 11 is 0. The molecule has 0 aliphatic rings. The Labute approximate surface area is 168 Å². The summed E-state index contributed by atoms with van der Waals surface area (Å²) in [6.45, 7) is 0. The molecule has 1 heterocycles. The Bertz CT molecular complexity index is 1210.